The lowest BCUT2D eigenvalue weighted by Gasteiger charge is -2.11. The van der Waals surface area contributed by atoms with Gasteiger partial charge in [-0.15, -0.1) is 0 Å². The fraction of sp³-hybridized carbons (Fsp3) is 0.533. The lowest BCUT2D eigenvalue weighted by molar-refractivity contribution is -0.115. The van der Waals surface area contributed by atoms with Crippen LogP contribution in [0.25, 0.3) is 0 Å². The van der Waals surface area contributed by atoms with Crippen LogP contribution in [0.2, 0.25) is 0 Å². The SMILES string of the molecule is COc1ccc(NC(=O)CNCCC(C)C)cc1OC. The Bertz CT molecular complexity index is 433. The molecule has 0 spiro atoms. The molecule has 0 heterocycles. The van der Waals surface area contributed by atoms with Crippen LogP contribution in [0, 0.1) is 5.92 Å². The van der Waals surface area contributed by atoms with E-state index in [9.17, 15) is 4.79 Å². The molecule has 0 saturated heterocycles. The van der Waals surface area contributed by atoms with Gasteiger partial charge in [-0.3, -0.25) is 4.79 Å². The third-order valence-corrected chi connectivity index (χ3v) is 2.85. The minimum Gasteiger partial charge on any atom is -0.493 e. The third-order valence-electron chi connectivity index (χ3n) is 2.85. The summed E-state index contributed by atoms with van der Waals surface area (Å²) in [4.78, 5) is 11.8. The normalized spacial score (nSPS) is 10.4. The van der Waals surface area contributed by atoms with Gasteiger partial charge < -0.3 is 20.1 Å². The van der Waals surface area contributed by atoms with Crippen LogP contribution in [0.15, 0.2) is 18.2 Å². The molecule has 0 atom stereocenters. The van der Waals surface area contributed by atoms with E-state index in [4.69, 9.17) is 9.47 Å². The number of hydrogen-bond acceptors (Lipinski definition) is 4. The van der Waals surface area contributed by atoms with Gasteiger partial charge in [-0.2, -0.15) is 0 Å². The second kappa shape index (κ2) is 8.43. The van der Waals surface area contributed by atoms with E-state index in [0.717, 1.165) is 13.0 Å². The first kappa shape index (κ1) is 16.3. The summed E-state index contributed by atoms with van der Waals surface area (Å²) >= 11 is 0. The number of nitrogens with one attached hydrogen (secondary N) is 2. The van der Waals surface area contributed by atoms with Crippen LogP contribution in [0.1, 0.15) is 20.3 Å². The van der Waals surface area contributed by atoms with Gasteiger partial charge in [0.25, 0.3) is 0 Å². The van der Waals surface area contributed by atoms with Gasteiger partial charge in [-0.1, -0.05) is 13.8 Å². The van der Waals surface area contributed by atoms with Gasteiger partial charge in [0.05, 0.1) is 20.8 Å². The molecule has 2 N–H and O–H groups in total. The summed E-state index contributed by atoms with van der Waals surface area (Å²) in [7, 11) is 3.14. The Labute approximate surface area is 120 Å². The van der Waals surface area contributed by atoms with E-state index < -0.39 is 0 Å². The molecule has 0 aliphatic heterocycles. The molecule has 5 nitrogen and oxygen atoms in total. The van der Waals surface area contributed by atoms with Crippen molar-refractivity contribution in [3.63, 3.8) is 0 Å². The zero-order chi connectivity index (χ0) is 15.0. The van der Waals surface area contributed by atoms with Crippen LogP contribution in [0.5, 0.6) is 11.5 Å². The van der Waals surface area contributed by atoms with Crippen molar-refractivity contribution in [3.05, 3.63) is 18.2 Å². The van der Waals surface area contributed by atoms with Gasteiger partial charge >= 0.3 is 0 Å². The fourth-order valence-corrected chi connectivity index (χ4v) is 1.71. The van der Waals surface area contributed by atoms with Gasteiger partial charge in [-0.05, 0) is 31.0 Å². The van der Waals surface area contributed by atoms with Crippen LogP contribution in [-0.4, -0.2) is 33.2 Å². The van der Waals surface area contributed by atoms with E-state index in [-0.39, 0.29) is 5.91 Å². The molecule has 112 valence electrons. The maximum absolute atomic E-state index is 11.8. The van der Waals surface area contributed by atoms with Gasteiger partial charge in [-0.25, -0.2) is 0 Å². The Balaban J connectivity index is 2.45. The van der Waals surface area contributed by atoms with Crippen molar-refractivity contribution >= 4 is 11.6 Å². The highest BCUT2D eigenvalue weighted by molar-refractivity contribution is 5.92. The van der Waals surface area contributed by atoms with Crippen LogP contribution in [0.3, 0.4) is 0 Å². The Morgan fingerprint density at radius 1 is 1.20 bits per heavy atom. The molecule has 1 aromatic carbocycles. The zero-order valence-electron chi connectivity index (χ0n) is 12.7. The summed E-state index contributed by atoms with van der Waals surface area (Å²) in [5.74, 6) is 1.80. The highest BCUT2D eigenvalue weighted by Crippen LogP contribution is 2.29. The molecule has 5 heteroatoms. The number of amides is 1. The number of ether oxygens (including phenoxy) is 2. The summed E-state index contributed by atoms with van der Waals surface area (Å²) in [6.07, 6.45) is 1.06. The van der Waals surface area contributed by atoms with Crippen molar-refractivity contribution < 1.29 is 14.3 Å². The molecule has 0 aliphatic carbocycles. The highest BCUT2D eigenvalue weighted by Gasteiger charge is 2.07. The first-order valence-corrected chi connectivity index (χ1v) is 6.79. The molecular weight excluding hydrogens is 256 g/mol. The number of hydrogen-bond donors (Lipinski definition) is 2. The van der Waals surface area contributed by atoms with Crippen molar-refractivity contribution in [1.29, 1.82) is 0 Å². The van der Waals surface area contributed by atoms with Crippen LogP contribution < -0.4 is 20.1 Å². The summed E-state index contributed by atoms with van der Waals surface area (Å²) in [6.45, 7) is 5.47. The Morgan fingerprint density at radius 3 is 2.50 bits per heavy atom. The average Bonchev–Trinajstić information content (AvgIpc) is 2.43. The molecule has 1 aromatic rings. The van der Waals surface area contributed by atoms with Gasteiger partial charge in [0.2, 0.25) is 5.91 Å². The van der Waals surface area contributed by atoms with Crippen molar-refractivity contribution in [2.75, 3.05) is 32.6 Å². The molecule has 0 unspecified atom stereocenters. The van der Waals surface area contributed by atoms with E-state index in [1.54, 1.807) is 32.4 Å². The number of methoxy groups -OCH3 is 2. The maximum atomic E-state index is 11.8. The first-order chi connectivity index (χ1) is 9.56. The maximum Gasteiger partial charge on any atom is 0.238 e. The van der Waals surface area contributed by atoms with Gasteiger partial charge in [0.15, 0.2) is 11.5 Å². The molecule has 1 amide bonds. The molecule has 0 aliphatic rings. The minimum absolute atomic E-state index is 0.0685. The van der Waals surface area contributed by atoms with Crippen molar-refractivity contribution in [2.45, 2.75) is 20.3 Å². The quantitative estimate of drug-likeness (QED) is 0.717. The van der Waals surface area contributed by atoms with E-state index in [1.165, 1.54) is 0 Å². The van der Waals surface area contributed by atoms with Crippen LogP contribution in [-0.2, 0) is 4.79 Å². The summed E-state index contributed by atoms with van der Waals surface area (Å²) in [5, 5.41) is 5.94. The van der Waals surface area contributed by atoms with E-state index in [2.05, 4.69) is 24.5 Å². The van der Waals surface area contributed by atoms with Gasteiger partial charge in [0, 0.05) is 11.8 Å². The second-order valence-corrected chi connectivity index (χ2v) is 4.98. The largest absolute Gasteiger partial charge is 0.493 e. The molecule has 0 fully saturated rings. The molecule has 0 aromatic heterocycles. The van der Waals surface area contributed by atoms with Gasteiger partial charge in [0.1, 0.15) is 0 Å². The Morgan fingerprint density at radius 2 is 1.90 bits per heavy atom. The fourth-order valence-electron chi connectivity index (χ4n) is 1.71. The number of benzene rings is 1. The van der Waals surface area contributed by atoms with E-state index in [1.807, 2.05) is 0 Å². The lowest BCUT2D eigenvalue weighted by Crippen LogP contribution is -2.29. The monoisotopic (exact) mass is 280 g/mol. The smallest absolute Gasteiger partial charge is 0.238 e. The number of anilines is 1. The minimum atomic E-state index is -0.0685. The average molecular weight is 280 g/mol. The lowest BCUT2D eigenvalue weighted by atomic mass is 10.1. The van der Waals surface area contributed by atoms with Crippen LogP contribution >= 0.6 is 0 Å². The third kappa shape index (κ3) is 5.48. The highest BCUT2D eigenvalue weighted by atomic mass is 16.5. The molecule has 20 heavy (non-hydrogen) atoms. The first-order valence-electron chi connectivity index (χ1n) is 6.79. The van der Waals surface area contributed by atoms with Crippen LogP contribution in [0.4, 0.5) is 5.69 Å². The molecule has 0 bridgehead atoms. The summed E-state index contributed by atoms with van der Waals surface area (Å²) in [5.41, 5.74) is 0.693. The van der Waals surface area contributed by atoms with Crippen molar-refractivity contribution in [1.82, 2.24) is 5.32 Å². The van der Waals surface area contributed by atoms with E-state index >= 15 is 0 Å². The van der Waals surface area contributed by atoms with Crippen molar-refractivity contribution in [2.24, 2.45) is 5.92 Å². The molecule has 0 saturated carbocycles. The second-order valence-electron chi connectivity index (χ2n) is 4.98. The molecule has 0 radical (unpaired) electrons. The summed E-state index contributed by atoms with van der Waals surface area (Å²) < 4.78 is 10.3. The number of carbonyl (C=O) groups excluding carboxylic acids is 1. The summed E-state index contributed by atoms with van der Waals surface area (Å²) in [6, 6.07) is 5.29. The van der Waals surface area contributed by atoms with Crippen molar-refractivity contribution in [3.8, 4) is 11.5 Å². The Kier molecular flexibility index (Phi) is 6.87. The molecule has 1 rings (SSSR count). The standard InChI is InChI=1S/C15H24N2O3/c1-11(2)7-8-16-10-15(18)17-12-5-6-13(19-3)14(9-12)20-4/h5-6,9,11,16H,7-8,10H2,1-4H3,(H,17,18). The molecular formula is C15H24N2O3. The number of carbonyl (C=O) groups is 1. The van der Waals surface area contributed by atoms with E-state index in [0.29, 0.717) is 29.6 Å². The topological polar surface area (TPSA) is 59.6 Å². The predicted octanol–water partition coefficient (Wildman–Crippen LogP) is 2.28. The Hall–Kier alpha value is -1.75. The number of rotatable bonds is 8. The predicted molar refractivity (Wildman–Crippen MR) is 80.5 cm³/mol. The zero-order valence-corrected chi connectivity index (χ0v) is 12.7.